The number of nitrogens with one attached hydrogen (secondary N) is 1. The summed E-state index contributed by atoms with van der Waals surface area (Å²) >= 11 is 0. The minimum atomic E-state index is -0.539. The van der Waals surface area contributed by atoms with Crippen molar-refractivity contribution >= 4 is 23.1 Å². The maximum atomic E-state index is 11.7. The van der Waals surface area contributed by atoms with Crippen molar-refractivity contribution in [2.75, 3.05) is 5.32 Å². The average molecular weight is 248 g/mol. The number of carbonyl (C=O) groups is 2. The molecule has 94 valence electrons. The van der Waals surface area contributed by atoms with E-state index in [0.717, 1.165) is 0 Å². The van der Waals surface area contributed by atoms with Crippen molar-refractivity contribution in [3.05, 3.63) is 33.4 Å². The third-order valence-corrected chi connectivity index (χ3v) is 2.91. The SMILES string of the molecule is CC(=O)Nc1ccc2c(c1[N+](=O)[O-])CCCC2=O. The Morgan fingerprint density at radius 2 is 2.11 bits per heavy atom. The van der Waals surface area contributed by atoms with E-state index in [-0.39, 0.29) is 23.1 Å². The Bertz CT molecular complexity index is 551. The Labute approximate surface area is 103 Å². The summed E-state index contributed by atoms with van der Waals surface area (Å²) in [4.78, 5) is 33.3. The smallest absolute Gasteiger partial charge is 0.296 e. The fourth-order valence-electron chi connectivity index (χ4n) is 2.21. The predicted octanol–water partition coefficient (Wildman–Crippen LogP) is 2.07. The highest BCUT2D eigenvalue weighted by atomic mass is 16.6. The summed E-state index contributed by atoms with van der Waals surface area (Å²) in [5, 5.41) is 13.6. The lowest BCUT2D eigenvalue weighted by atomic mass is 9.89. The van der Waals surface area contributed by atoms with Gasteiger partial charge in [0.2, 0.25) is 5.91 Å². The van der Waals surface area contributed by atoms with Crippen molar-refractivity contribution < 1.29 is 14.5 Å². The minimum absolute atomic E-state index is 0.0753. The van der Waals surface area contributed by atoms with E-state index in [4.69, 9.17) is 0 Å². The van der Waals surface area contributed by atoms with Crippen LogP contribution in [0.4, 0.5) is 11.4 Å². The second-order valence-corrected chi connectivity index (χ2v) is 4.20. The molecule has 1 amide bonds. The van der Waals surface area contributed by atoms with E-state index in [1.54, 1.807) is 6.07 Å². The van der Waals surface area contributed by atoms with Crippen molar-refractivity contribution in [3.8, 4) is 0 Å². The molecule has 0 aromatic heterocycles. The lowest BCUT2D eigenvalue weighted by Gasteiger charge is -2.16. The van der Waals surface area contributed by atoms with Gasteiger partial charge in [0.25, 0.3) is 5.69 Å². The standard InChI is InChI=1S/C12H12N2O4/c1-7(15)13-10-6-5-8-9(12(10)14(17)18)3-2-4-11(8)16/h5-6H,2-4H2,1H3,(H,13,15). The van der Waals surface area contributed by atoms with Crippen molar-refractivity contribution in [2.24, 2.45) is 0 Å². The van der Waals surface area contributed by atoms with Gasteiger partial charge in [-0.2, -0.15) is 0 Å². The fourth-order valence-corrected chi connectivity index (χ4v) is 2.21. The maximum absolute atomic E-state index is 11.7. The van der Waals surface area contributed by atoms with Crippen LogP contribution in [-0.4, -0.2) is 16.6 Å². The first-order chi connectivity index (χ1) is 8.50. The first kappa shape index (κ1) is 12.2. The summed E-state index contributed by atoms with van der Waals surface area (Å²) < 4.78 is 0. The topological polar surface area (TPSA) is 89.3 Å². The zero-order valence-corrected chi connectivity index (χ0v) is 9.86. The van der Waals surface area contributed by atoms with Gasteiger partial charge < -0.3 is 5.32 Å². The summed E-state index contributed by atoms with van der Waals surface area (Å²) in [5.41, 5.74) is 0.834. The number of hydrogen-bond donors (Lipinski definition) is 1. The molecule has 0 saturated carbocycles. The summed E-state index contributed by atoms with van der Waals surface area (Å²) in [7, 11) is 0. The van der Waals surface area contributed by atoms with Gasteiger partial charge in [0.1, 0.15) is 5.69 Å². The monoisotopic (exact) mass is 248 g/mol. The van der Waals surface area contributed by atoms with Crippen LogP contribution in [0.2, 0.25) is 0 Å². The number of carbonyl (C=O) groups excluding carboxylic acids is 2. The highest BCUT2D eigenvalue weighted by Crippen LogP contribution is 2.35. The molecule has 0 spiro atoms. The minimum Gasteiger partial charge on any atom is -0.321 e. The van der Waals surface area contributed by atoms with E-state index in [1.165, 1.54) is 13.0 Å². The number of nitro groups is 1. The second-order valence-electron chi connectivity index (χ2n) is 4.20. The van der Waals surface area contributed by atoms with Gasteiger partial charge in [-0.05, 0) is 25.0 Å². The van der Waals surface area contributed by atoms with Gasteiger partial charge in [-0.3, -0.25) is 19.7 Å². The number of nitro benzene ring substituents is 1. The third kappa shape index (κ3) is 2.09. The number of Topliss-reactive ketones (excluding diaryl/α,β-unsaturated/α-hetero) is 1. The molecule has 0 heterocycles. The lowest BCUT2D eigenvalue weighted by molar-refractivity contribution is -0.384. The van der Waals surface area contributed by atoms with Crippen LogP contribution in [-0.2, 0) is 11.2 Å². The molecule has 0 unspecified atom stereocenters. The molecule has 0 saturated heterocycles. The van der Waals surface area contributed by atoms with Crippen LogP contribution in [0, 0.1) is 10.1 Å². The fraction of sp³-hybridized carbons (Fsp3) is 0.333. The van der Waals surface area contributed by atoms with Gasteiger partial charge in [-0.15, -0.1) is 0 Å². The highest BCUT2D eigenvalue weighted by Gasteiger charge is 2.28. The average Bonchev–Trinajstić information content (AvgIpc) is 2.27. The van der Waals surface area contributed by atoms with Crippen LogP contribution in [0.3, 0.4) is 0 Å². The third-order valence-electron chi connectivity index (χ3n) is 2.91. The molecule has 0 radical (unpaired) electrons. The molecule has 1 aliphatic rings. The summed E-state index contributed by atoms with van der Waals surface area (Å²) in [6.07, 6.45) is 1.52. The summed E-state index contributed by atoms with van der Waals surface area (Å²) in [6.45, 7) is 1.29. The molecule has 0 atom stereocenters. The second kappa shape index (κ2) is 4.56. The molecule has 6 nitrogen and oxygen atoms in total. The molecule has 2 rings (SSSR count). The number of benzene rings is 1. The number of fused-ring (bicyclic) bond motifs is 1. The van der Waals surface area contributed by atoms with Gasteiger partial charge in [0, 0.05) is 24.5 Å². The van der Waals surface area contributed by atoms with Gasteiger partial charge in [-0.25, -0.2) is 0 Å². The van der Waals surface area contributed by atoms with E-state index in [0.29, 0.717) is 30.4 Å². The zero-order valence-electron chi connectivity index (χ0n) is 9.86. The van der Waals surface area contributed by atoms with E-state index >= 15 is 0 Å². The highest BCUT2D eigenvalue weighted by molar-refractivity contribution is 6.01. The van der Waals surface area contributed by atoms with Crippen molar-refractivity contribution in [1.29, 1.82) is 0 Å². The molecule has 6 heteroatoms. The van der Waals surface area contributed by atoms with Crippen LogP contribution in [0.15, 0.2) is 12.1 Å². The van der Waals surface area contributed by atoms with E-state index in [9.17, 15) is 19.7 Å². The van der Waals surface area contributed by atoms with Gasteiger partial charge in [-0.1, -0.05) is 0 Å². The van der Waals surface area contributed by atoms with Gasteiger partial charge >= 0.3 is 0 Å². The molecule has 1 N–H and O–H groups in total. The Kier molecular flexibility index (Phi) is 3.10. The number of nitrogens with zero attached hydrogens (tertiary/aromatic N) is 1. The number of rotatable bonds is 2. The number of ketones is 1. The van der Waals surface area contributed by atoms with Crippen LogP contribution in [0.25, 0.3) is 0 Å². The number of hydrogen-bond acceptors (Lipinski definition) is 4. The largest absolute Gasteiger partial charge is 0.321 e. The normalized spacial score (nSPS) is 13.9. The van der Waals surface area contributed by atoms with Crippen LogP contribution in [0.5, 0.6) is 0 Å². The summed E-state index contributed by atoms with van der Waals surface area (Å²) in [6, 6.07) is 2.97. The number of amides is 1. The zero-order chi connectivity index (χ0) is 13.3. The Morgan fingerprint density at radius 1 is 1.39 bits per heavy atom. The predicted molar refractivity (Wildman–Crippen MR) is 64.7 cm³/mol. The quantitative estimate of drug-likeness (QED) is 0.640. The van der Waals surface area contributed by atoms with Crippen molar-refractivity contribution in [2.45, 2.75) is 26.2 Å². The van der Waals surface area contributed by atoms with E-state index in [2.05, 4.69) is 5.32 Å². The van der Waals surface area contributed by atoms with Crippen molar-refractivity contribution in [3.63, 3.8) is 0 Å². The maximum Gasteiger partial charge on any atom is 0.296 e. The first-order valence-electron chi connectivity index (χ1n) is 5.61. The molecule has 1 aromatic rings. The van der Waals surface area contributed by atoms with E-state index < -0.39 is 4.92 Å². The number of anilines is 1. The molecule has 0 bridgehead atoms. The van der Waals surface area contributed by atoms with Crippen LogP contribution >= 0.6 is 0 Å². The molecule has 0 aliphatic heterocycles. The Balaban J connectivity index is 2.61. The molecule has 1 aliphatic carbocycles. The molecular weight excluding hydrogens is 236 g/mol. The molecule has 0 fully saturated rings. The first-order valence-corrected chi connectivity index (χ1v) is 5.61. The van der Waals surface area contributed by atoms with Crippen LogP contribution in [0.1, 0.15) is 35.7 Å². The van der Waals surface area contributed by atoms with Crippen molar-refractivity contribution in [1.82, 2.24) is 0 Å². The molecule has 18 heavy (non-hydrogen) atoms. The molecule has 1 aromatic carbocycles. The van der Waals surface area contributed by atoms with Gasteiger partial charge in [0.05, 0.1) is 4.92 Å². The summed E-state index contributed by atoms with van der Waals surface area (Å²) in [5.74, 6) is -0.450. The lowest BCUT2D eigenvalue weighted by Crippen LogP contribution is -2.15. The molecular formula is C12H12N2O4. The Morgan fingerprint density at radius 3 is 2.72 bits per heavy atom. The van der Waals surface area contributed by atoms with Crippen LogP contribution < -0.4 is 5.32 Å². The van der Waals surface area contributed by atoms with E-state index in [1.807, 2.05) is 0 Å². The Hall–Kier alpha value is -2.24. The van der Waals surface area contributed by atoms with Gasteiger partial charge in [0.15, 0.2) is 5.78 Å².